The number of hydrogen-bond acceptors (Lipinski definition) is 2. The van der Waals surface area contributed by atoms with Crippen LogP contribution in [0.2, 0.25) is 0 Å². The van der Waals surface area contributed by atoms with E-state index in [1.807, 2.05) is 11.4 Å². The largest absolute Gasteiger partial charge is 0.241 e. The third-order valence-electron chi connectivity index (χ3n) is 2.80. The first-order valence-electron chi connectivity index (χ1n) is 5.52. The van der Waals surface area contributed by atoms with E-state index in [1.165, 1.54) is 17.4 Å². The maximum atomic E-state index is 13.8. The van der Waals surface area contributed by atoms with E-state index in [0.29, 0.717) is 11.5 Å². The lowest BCUT2D eigenvalue weighted by molar-refractivity contribution is 0.630. The lowest BCUT2D eigenvalue weighted by Crippen LogP contribution is -1.91. The van der Waals surface area contributed by atoms with Crippen LogP contribution in [0.1, 0.15) is 31.9 Å². The van der Waals surface area contributed by atoms with E-state index in [4.69, 9.17) is 0 Å². The van der Waals surface area contributed by atoms with Gasteiger partial charge in [-0.2, -0.15) is 0 Å². The maximum Gasteiger partial charge on any atom is 0.134 e. The van der Waals surface area contributed by atoms with Gasteiger partial charge in [0.05, 0.1) is 5.69 Å². The molecule has 90 valence electrons. The van der Waals surface area contributed by atoms with Gasteiger partial charge in [0.2, 0.25) is 0 Å². The molecule has 0 bridgehead atoms. The molecule has 2 rings (SSSR count). The van der Waals surface area contributed by atoms with Crippen molar-refractivity contribution in [3.05, 3.63) is 39.6 Å². The van der Waals surface area contributed by atoms with E-state index >= 15 is 0 Å². The first-order valence-corrected chi connectivity index (χ1v) is 7.20. The summed E-state index contributed by atoms with van der Waals surface area (Å²) in [7, 11) is 0. The molecule has 0 saturated heterocycles. The average molecular weight is 314 g/mol. The Kier molecular flexibility index (Phi) is 3.94. The van der Waals surface area contributed by atoms with Crippen molar-refractivity contribution in [2.45, 2.75) is 26.2 Å². The molecule has 2 aromatic rings. The summed E-state index contributed by atoms with van der Waals surface area (Å²) >= 11 is 4.75. The van der Waals surface area contributed by atoms with Crippen molar-refractivity contribution in [1.82, 2.24) is 4.98 Å². The number of hydrogen-bond donors (Lipinski definition) is 0. The van der Waals surface area contributed by atoms with Gasteiger partial charge in [0, 0.05) is 15.4 Å². The molecule has 0 spiro atoms. The fourth-order valence-corrected chi connectivity index (χ4v) is 2.81. The SMILES string of the molecule is CCC(C)c1csc(-c2ccc(Br)cc2F)n1. The van der Waals surface area contributed by atoms with Gasteiger partial charge in [-0.3, -0.25) is 0 Å². The van der Waals surface area contributed by atoms with Crippen molar-refractivity contribution in [2.75, 3.05) is 0 Å². The molecule has 1 aromatic heterocycles. The second kappa shape index (κ2) is 5.27. The van der Waals surface area contributed by atoms with Crippen LogP contribution in [0.4, 0.5) is 4.39 Å². The zero-order chi connectivity index (χ0) is 12.4. The van der Waals surface area contributed by atoms with Gasteiger partial charge in [-0.15, -0.1) is 11.3 Å². The second-order valence-corrected chi connectivity index (χ2v) is 5.78. The molecule has 0 N–H and O–H groups in total. The highest BCUT2D eigenvalue weighted by atomic mass is 79.9. The van der Waals surface area contributed by atoms with Gasteiger partial charge >= 0.3 is 0 Å². The molecular formula is C13H13BrFNS. The molecule has 0 saturated carbocycles. The van der Waals surface area contributed by atoms with Crippen LogP contribution in [0.25, 0.3) is 10.6 Å². The molecule has 1 aromatic carbocycles. The molecule has 1 unspecified atom stereocenters. The number of nitrogens with zero attached hydrogens (tertiary/aromatic N) is 1. The molecule has 0 aliphatic rings. The normalized spacial score (nSPS) is 12.7. The number of rotatable bonds is 3. The van der Waals surface area contributed by atoms with Crippen molar-refractivity contribution in [2.24, 2.45) is 0 Å². The number of halogens is 2. The maximum absolute atomic E-state index is 13.8. The van der Waals surface area contributed by atoms with Crippen LogP contribution in [-0.2, 0) is 0 Å². The van der Waals surface area contributed by atoms with Gasteiger partial charge in [-0.25, -0.2) is 9.37 Å². The van der Waals surface area contributed by atoms with Crippen molar-refractivity contribution < 1.29 is 4.39 Å². The van der Waals surface area contributed by atoms with Gasteiger partial charge in [0.25, 0.3) is 0 Å². The topological polar surface area (TPSA) is 12.9 Å². The summed E-state index contributed by atoms with van der Waals surface area (Å²) in [5, 5.41) is 2.77. The summed E-state index contributed by atoms with van der Waals surface area (Å²) in [5.41, 5.74) is 1.63. The molecule has 0 radical (unpaired) electrons. The standard InChI is InChI=1S/C13H13BrFNS/c1-3-8(2)12-7-17-13(16-12)10-5-4-9(14)6-11(10)15/h4-8H,3H2,1-2H3. The van der Waals surface area contributed by atoms with E-state index in [1.54, 1.807) is 6.07 Å². The molecule has 1 heterocycles. The van der Waals surface area contributed by atoms with Crippen molar-refractivity contribution >= 4 is 27.3 Å². The Hall–Kier alpha value is -0.740. The first kappa shape index (κ1) is 12.7. The van der Waals surface area contributed by atoms with Crippen molar-refractivity contribution in [3.8, 4) is 10.6 Å². The lowest BCUT2D eigenvalue weighted by atomic mass is 10.1. The molecule has 0 aliphatic heterocycles. The highest BCUT2D eigenvalue weighted by Gasteiger charge is 2.12. The quantitative estimate of drug-likeness (QED) is 0.756. The number of benzene rings is 1. The summed E-state index contributed by atoms with van der Waals surface area (Å²) < 4.78 is 14.5. The Morgan fingerprint density at radius 2 is 2.24 bits per heavy atom. The zero-order valence-corrected chi connectivity index (χ0v) is 12.1. The molecule has 0 aliphatic carbocycles. The summed E-state index contributed by atoms with van der Waals surface area (Å²) in [5.74, 6) is 0.197. The summed E-state index contributed by atoms with van der Waals surface area (Å²) in [6.07, 6.45) is 1.05. The third kappa shape index (κ3) is 2.75. The lowest BCUT2D eigenvalue weighted by Gasteiger charge is -2.03. The Labute approximate surface area is 113 Å². The van der Waals surface area contributed by atoms with Crippen molar-refractivity contribution in [1.29, 1.82) is 0 Å². The second-order valence-electron chi connectivity index (χ2n) is 4.01. The minimum Gasteiger partial charge on any atom is -0.241 e. The van der Waals surface area contributed by atoms with Crippen LogP contribution < -0.4 is 0 Å². The van der Waals surface area contributed by atoms with E-state index < -0.39 is 0 Å². The highest BCUT2D eigenvalue weighted by Crippen LogP contribution is 2.30. The van der Waals surface area contributed by atoms with Crippen LogP contribution in [0.3, 0.4) is 0 Å². The van der Waals surface area contributed by atoms with Gasteiger partial charge in [-0.1, -0.05) is 29.8 Å². The predicted octanol–water partition coefficient (Wildman–Crippen LogP) is 5.23. The van der Waals surface area contributed by atoms with Crippen LogP contribution >= 0.6 is 27.3 Å². The minimum absolute atomic E-state index is 0.232. The summed E-state index contributed by atoms with van der Waals surface area (Å²) in [6, 6.07) is 5.07. The molecule has 0 amide bonds. The number of thiazole rings is 1. The van der Waals surface area contributed by atoms with Crippen LogP contribution in [0.15, 0.2) is 28.1 Å². The first-order chi connectivity index (χ1) is 8.11. The fourth-order valence-electron chi connectivity index (χ4n) is 1.51. The van der Waals surface area contributed by atoms with E-state index in [2.05, 4.69) is 34.8 Å². The third-order valence-corrected chi connectivity index (χ3v) is 4.19. The van der Waals surface area contributed by atoms with Crippen LogP contribution in [-0.4, -0.2) is 4.98 Å². The van der Waals surface area contributed by atoms with Gasteiger partial charge in [0.15, 0.2) is 0 Å². The van der Waals surface area contributed by atoms with Crippen LogP contribution in [0, 0.1) is 5.82 Å². The van der Waals surface area contributed by atoms with E-state index in [9.17, 15) is 4.39 Å². The minimum atomic E-state index is -0.232. The monoisotopic (exact) mass is 313 g/mol. The van der Waals surface area contributed by atoms with Crippen LogP contribution in [0.5, 0.6) is 0 Å². The van der Waals surface area contributed by atoms with Crippen molar-refractivity contribution in [3.63, 3.8) is 0 Å². The summed E-state index contributed by atoms with van der Waals surface area (Å²) in [4.78, 5) is 4.50. The molecule has 1 atom stereocenters. The average Bonchev–Trinajstić information content (AvgIpc) is 2.77. The van der Waals surface area contributed by atoms with Gasteiger partial charge < -0.3 is 0 Å². The Morgan fingerprint density at radius 3 is 2.88 bits per heavy atom. The molecule has 1 nitrogen and oxygen atoms in total. The molecular weight excluding hydrogens is 301 g/mol. The Bertz CT molecular complexity index is 524. The molecule has 0 fully saturated rings. The van der Waals surface area contributed by atoms with E-state index in [0.717, 1.165) is 21.6 Å². The Balaban J connectivity index is 2.37. The highest BCUT2D eigenvalue weighted by molar-refractivity contribution is 9.10. The van der Waals surface area contributed by atoms with Gasteiger partial charge in [0.1, 0.15) is 10.8 Å². The fraction of sp³-hybridized carbons (Fsp3) is 0.308. The smallest absolute Gasteiger partial charge is 0.134 e. The predicted molar refractivity (Wildman–Crippen MR) is 73.9 cm³/mol. The molecule has 4 heteroatoms. The van der Waals surface area contributed by atoms with E-state index in [-0.39, 0.29) is 5.82 Å². The summed E-state index contributed by atoms with van der Waals surface area (Å²) in [6.45, 7) is 4.26. The van der Waals surface area contributed by atoms with Gasteiger partial charge in [-0.05, 0) is 30.5 Å². The zero-order valence-electron chi connectivity index (χ0n) is 9.71. The number of aromatic nitrogens is 1. The Morgan fingerprint density at radius 1 is 1.47 bits per heavy atom. The molecule has 17 heavy (non-hydrogen) atoms.